The second-order valence-corrected chi connectivity index (χ2v) is 4.61. The summed E-state index contributed by atoms with van der Waals surface area (Å²) >= 11 is 0. The first-order valence-electron chi connectivity index (χ1n) is 6.67. The highest BCUT2D eigenvalue weighted by Gasteiger charge is 2.02. The van der Waals surface area contributed by atoms with Crippen LogP contribution in [0.3, 0.4) is 0 Å². The molecule has 3 aromatic rings. The minimum atomic E-state index is 0.361. The van der Waals surface area contributed by atoms with Crippen LogP contribution in [-0.2, 0) is 6.61 Å². The number of aryl methyl sites for hydroxylation is 1. The van der Waals surface area contributed by atoms with Crippen LogP contribution in [0.25, 0.3) is 0 Å². The molecule has 0 saturated carbocycles. The first kappa shape index (κ1) is 13.2. The number of hydrogen-bond acceptors (Lipinski definition) is 4. The Kier molecular flexibility index (Phi) is 3.87. The van der Waals surface area contributed by atoms with Crippen LogP contribution in [0.2, 0.25) is 0 Å². The second-order valence-electron chi connectivity index (χ2n) is 4.61. The van der Waals surface area contributed by atoms with Crippen LogP contribution in [0.1, 0.15) is 11.5 Å². The van der Waals surface area contributed by atoms with Crippen LogP contribution in [0.5, 0.6) is 17.2 Å². The molecule has 4 nitrogen and oxygen atoms in total. The van der Waals surface area contributed by atoms with Crippen LogP contribution in [-0.4, -0.2) is 5.16 Å². The molecule has 0 spiro atoms. The Bertz CT molecular complexity index is 690. The zero-order chi connectivity index (χ0) is 14.5. The van der Waals surface area contributed by atoms with Crippen LogP contribution in [0, 0.1) is 6.92 Å². The van der Waals surface area contributed by atoms with Crippen molar-refractivity contribution in [3.63, 3.8) is 0 Å². The van der Waals surface area contributed by atoms with Crippen LogP contribution in [0.4, 0.5) is 0 Å². The summed E-state index contributed by atoms with van der Waals surface area (Å²) < 4.78 is 16.4. The van der Waals surface area contributed by atoms with Crippen molar-refractivity contribution in [2.24, 2.45) is 0 Å². The lowest BCUT2D eigenvalue weighted by Gasteiger charge is -2.07. The topological polar surface area (TPSA) is 44.5 Å². The van der Waals surface area contributed by atoms with E-state index in [0.29, 0.717) is 12.4 Å². The van der Waals surface area contributed by atoms with E-state index in [1.165, 1.54) is 0 Å². The molecule has 1 aromatic heterocycles. The zero-order valence-electron chi connectivity index (χ0n) is 11.7. The van der Waals surface area contributed by atoms with Gasteiger partial charge in [0.15, 0.2) is 5.76 Å². The van der Waals surface area contributed by atoms with Gasteiger partial charge < -0.3 is 14.0 Å². The lowest BCUT2D eigenvalue weighted by molar-refractivity contribution is 0.248. The van der Waals surface area contributed by atoms with E-state index in [0.717, 1.165) is 22.9 Å². The molecule has 21 heavy (non-hydrogen) atoms. The third-order valence-corrected chi connectivity index (χ3v) is 2.86. The number of ether oxygens (including phenoxy) is 2. The van der Waals surface area contributed by atoms with Crippen molar-refractivity contribution in [1.82, 2.24) is 5.16 Å². The maximum atomic E-state index is 5.72. The molecular weight excluding hydrogens is 266 g/mol. The van der Waals surface area contributed by atoms with Gasteiger partial charge in [-0.25, -0.2) is 0 Å². The van der Waals surface area contributed by atoms with Gasteiger partial charge in [0, 0.05) is 6.07 Å². The maximum Gasteiger partial charge on any atom is 0.174 e. The van der Waals surface area contributed by atoms with Crippen LogP contribution in [0.15, 0.2) is 65.2 Å². The number of nitrogens with zero attached hydrogens (tertiary/aromatic N) is 1. The Morgan fingerprint density at radius 3 is 2.24 bits per heavy atom. The molecule has 4 heteroatoms. The lowest BCUT2D eigenvalue weighted by atomic mass is 10.3. The molecule has 0 bridgehead atoms. The van der Waals surface area contributed by atoms with Crippen molar-refractivity contribution in [2.75, 3.05) is 0 Å². The van der Waals surface area contributed by atoms with Gasteiger partial charge >= 0.3 is 0 Å². The van der Waals surface area contributed by atoms with Gasteiger partial charge in [0.1, 0.15) is 23.9 Å². The smallest absolute Gasteiger partial charge is 0.174 e. The number of rotatable bonds is 5. The molecule has 2 aromatic carbocycles. The van der Waals surface area contributed by atoms with E-state index < -0.39 is 0 Å². The fourth-order valence-electron chi connectivity index (χ4n) is 1.87. The third-order valence-electron chi connectivity index (χ3n) is 2.86. The van der Waals surface area contributed by atoms with Gasteiger partial charge in [-0.15, -0.1) is 0 Å². The molecule has 0 unspecified atom stereocenters. The van der Waals surface area contributed by atoms with Gasteiger partial charge in [0.25, 0.3) is 0 Å². The first-order valence-corrected chi connectivity index (χ1v) is 6.67. The predicted octanol–water partition coefficient (Wildman–Crippen LogP) is 4.35. The van der Waals surface area contributed by atoms with Gasteiger partial charge in [-0.05, 0) is 43.3 Å². The van der Waals surface area contributed by atoms with Crippen molar-refractivity contribution in [2.45, 2.75) is 13.5 Å². The van der Waals surface area contributed by atoms with Gasteiger partial charge in [-0.3, -0.25) is 0 Å². The van der Waals surface area contributed by atoms with E-state index in [2.05, 4.69) is 5.16 Å². The molecule has 0 N–H and O–H groups in total. The van der Waals surface area contributed by atoms with Gasteiger partial charge in [-0.1, -0.05) is 23.4 Å². The Morgan fingerprint density at radius 1 is 0.905 bits per heavy atom. The fourth-order valence-corrected chi connectivity index (χ4v) is 1.87. The zero-order valence-corrected chi connectivity index (χ0v) is 11.7. The van der Waals surface area contributed by atoms with Gasteiger partial charge in [0.2, 0.25) is 0 Å². The Hall–Kier alpha value is -2.75. The molecule has 0 saturated heterocycles. The van der Waals surface area contributed by atoms with Gasteiger partial charge in [0.05, 0.1) is 5.69 Å². The highest BCUT2D eigenvalue weighted by Crippen LogP contribution is 2.23. The number of hydrogen-bond donors (Lipinski definition) is 0. The minimum absolute atomic E-state index is 0.361. The van der Waals surface area contributed by atoms with E-state index in [1.807, 2.05) is 67.6 Å². The monoisotopic (exact) mass is 281 g/mol. The Morgan fingerprint density at radius 2 is 1.57 bits per heavy atom. The molecule has 0 aliphatic rings. The molecule has 1 heterocycles. The van der Waals surface area contributed by atoms with E-state index in [-0.39, 0.29) is 0 Å². The number of aromatic nitrogens is 1. The van der Waals surface area contributed by atoms with Crippen LogP contribution < -0.4 is 9.47 Å². The summed E-state index contributed by atoms with van der Waals surface area (Å²) in [5.41, 5.74) is 0.847. The summed E-state index contributed by atoms with van der Waals surface area (Å²) in [5, 5.41) is 3.81. The molecule has 0 fully saturated rings. The molecule has 0 amide bonds. The number of benzene rings is 2. The summed E-state index contributed by atoms with van der Waals surface area (Å²) in [7, 11) is 0. The summed E-state index contributed by atoms with van der Waals surface area (Å²) in [6, 6.07) is 19.0. The highest BCUT2D eigenvalue weighted by atomic mass is 16.5. The number of para-hydroxylation sites is 1. The summed E-state index contributed by atoms with van der Waals surface area (Å²) in [6.45, 7) is 2.24. The average Bonchev–Trinajstić information content (AvgIpc) is 2.93. The minimum Gasteiger partial charge on any atom is -0.486 e. The Balaban J connectivity index is 1.59. The molecule has 106 valence electrons. The first-order chi connectivity index (χ1) is 10.3. The second kappa shape index (κ2) is 6.13. The van der Waals surface area contributed by atoms with E-state index >= 15 is 0 Å². The molecule has 0 aliphatic heterocycles. The standard InChI is InChI=1S/C17H15NO3/c1-13-11-17(21-18-13)12-19-14-7-9-16(10-8-14)20-15-5-3-2-4-6-15/h2-11H,12H2,1H3. The quantitative estimate of drug-likeness (QED) is 0.697. The van der Waals surface area contributed by atoms with E-state index in [9.17, 15) is 0 Å². The van der Waals surface area contributed by atoms with E-state index in [1.54, 1.807) is 0 Å². The van der Waals surface area contributed by atoms with Crippen molar-refractivity contribution in [1.29, 1.82) is 0 Å². The van der Waals surface area contributed by atoms with Crippen LogP contribution >= 0.6 is 0 Å². The average molecular weight is 281 g/mol. The van der Waals surface area contributed by atoms with Crippen molar-refractivity contribution in [3.05, 3.63) is 72.1 Å². The normalized spacial score (nSPS) is 10.3. The highest BCUT2D eigenvalue weighted by molar-refractivity contribution is 5.35. The Labute approximate surface area is 122 Å². The van der Waals surface area contributed by atoms with Crippen molar-refractivity contribution in [3.8, 4) is 17.2 Å². The molecule has 0 radical (unpaired) electrons. The summed E-state index contributed by atoms with van der Waals surface area (Å²) in [4.78, 5) is 0. The SMILES string of the molecule is Cc1cc(COc2ccc(Oc3ccccc3)cc2)on1. The summed E-state index contributed by atoms with van der Waals surface area (Å²) in [6.07, 6.45) is 0. The maximum absolute atomic E-state index is 5.72. The predicted molar refractivity (Wildman–Crippen MR) is 78.5 cm³/mol. The lowest BCUT2D eigenvalue weighted by Crippen LogP contribution is -1.93. The molecular formula is C17H15NO3. The van der Waals surface area contributed by atoms with Crippen molar-refractivity contribution < 1.29 is 14.0 Å². The summed E-state index contributed by atoms with van der Waals surface area (Å²) in [5.74, 6) is 3.04. The van der Waals surface area contributed by atoms with E-state index in [4.69, 9.17) is 14.0 Å². The van der Waals surface area contributed by atoms with Crippen molar-refractivity contribution >= 4 is 0 Å². The molecule has 3 rings (SSSR count). The van der Waals surface area contributed by atoms with Gasteiger partial charge in [-0.2, -0.15) is 0 Å². The largest absolute Gasteiger partial charge is 0.486 e. The third kappa shape index (κ3) is 3.63. The molecule has 0 atom stereocenters. The fraction of sp³-hybridized carbons (Fsp3) is 0.118. The molecule has 0 aliphatic carbocycles.